The van der Waals surface area contributed by atoms with Crippen LogP contribution in [0.25, 0.3) is 16.9 Å². The maximum atomic E-state index is 12.9. The van der Waals surface area contributed by atoms with Crippen LogP contribution in [-0.2, 0) is 11.3 Å². The number of halogens is 3. The first-order valence-electron chi connectivity index (χ1n) is 10.8. The Morgan fingerprint density at radius 3 is 2.35 bits per heavy atom. The molecule has 1 N–H and O–H groups in total. The lowest BCUT2D eigenvalue weighted by molar-refractivity contribution is -0.192. The molecule has 0 spiro atoms. The molecule has 3 aromatic rings. The molecule has 3 heterocycles. The van der Waals surface area contributed by atoms with Crippen molar-refractivity contribution in [3.63, 3.8) is 0 Å². The predicted octanol–water partition coefficient (Wildman–Crippen LogP) is 3.87. The largest absolute Gasteiger partial charge is 0.490 e. The number of carbonyl (C=O) groups is 2. The molecular weight excluding hydrogens is 451 g/mol. The number of hydrogen-bond acceptors (Lipinski definition) is 4. The first-order chi connectivity index (χ1) is 16.0. The fraction of sp³-hybridized carbons (Fsp3) is 0.435. The van der Waals surface area contributed by atoms with Crippen LogP contribution in [0.2, 0.25) is 0 Å². The van der Waals surface area contributed by atoms with Gasteiger partial charge in [0.15, 0.2) is 5.69 Å². The summed E-state index contributed by atoms with van der Waals surface area (Å²) in [6.45, 7) is 4.77. The summed E-state index contributed by atoms with van der Waals surface area (Å²) >= 11 is 0. The van der Waals surface area contributed by atoms with Gasteiger partial charge in [-0.2, -0.15) is 13.2 Å². The van der Waals surface area contributed by atoms with Crippen molar-refractivity contribution in [1.82, 2.24) is 23.8 Å². The molecule has 0 bridgehead atoms. The van der Waals surface area contributed by atoms with Crippen LogP contribution in [-0.4, -0.2) is 81.1 Å². The normalized spacial score (nSPS) is 11.4. The summed E-state index contributed by atoms with van der Waals surface area (Å²) in [7, 11) is 5.99. The number of unbranched alkanes of at least 4 members (excludes halogenated alkanes) is 1. The summed E-state index contributed by atoms with van der Waals surface area (Å²) in [4.78, 5) is 30.5. The van der Waals surface area contributed by atoms with E-state index >= 15 is 0 Å². The highest BCUT2D eigenvalue weighted by Crippen LogP contribution is 2.24. The highest BCUT2D eigenvalue weighted by atomic mass is 19.4. The van der Waals surface area contributed by atoms with Gasteiger partial charge in [-0.15, -0.1) is 0 Å². The lowest BCUT2D eigenvalue weighted by Crippen LogP contribution is -2.28. The number of aliphatic carboxylic acids is 1. The summed E-state index contributed by atoms with van der Waals surface area (Å²) in [6, 6.07) is 7.94. The molecule has 0 aliphatic rings. The minimum Gasteiger partial charge on any atom is -0.475 e. The van der Waals surface area contributed by atoms with Crippen molar-refractivity contribution < 1.29 is 27.9 Å². The average Bonchev–Trinajstić information content (AvgIpc) is 3.40. The second-order valence-electron chi connectivity index (χ2n) is 8.06. The molecule has 186 valence electrons. The average molecular weight is 482 g/mol. The molecular formula is C23H30F3N5O3. The van der Waals surface area contributed by atoms with Gasteiger partial charge in [-0.05, 0) is 38.7 Å². The van der Waals surface area contributed by atoms with Crippen LogP contribution in [0.4, 0.5) is 13.2 Å². The van der Waals surface area contributed by atoms with Crippen LogP contribution in [0.5, 0.6) is 0 Å². The number of fused-ring (bicyclic) bond motifs is 1. The lowest BCUT2D eigenvalue weighted by Gasteiger charge is -2.15. The molecule has 3 rings (SSSR count). The van der Waals surface area contributed by atoms with Crippen molar-refractivity contribution in [3.8, 4) is 11.4 Å². The number of aromatic nitrogens is 3. The van der Waals surface area contributed by atoms with E-state index in [4.69, 9.17) is 14.9 Å². The number of rotatable bonds is 8. The second-order valence-corrected chi connectivity index (χ2v) is 8.06. The Morgan fingerprint density at radius 2 is 1.76 bits per heavy atom. The number of nitrogens with zero attached hydrogens (tertiary/aromatic N) is 5. The van der Waals surface area contributed by atoms with E-state index in [2.05, 4.69) is 48.9 Å². The molecule has 0 atom stereocenters. The standard InChI is InChI=1S/C21H29N5O.C2HF3O2/c1-5-6-11-24(4)21(27)19-18-9-7-8-12-26(18)20(22-19)17-10-13-25(16-17)15-14-23(2)3;3-2(4,5)1(6)7/h7-10,12-13,16H,5-6,11,14-15H2,1-4H3;(H,6,7). The van der Waals surface area contributed by atoms with Crippen LogP contribution in [0.15, 0.2) is 42.9 Å². The third kappa shape index (κ3) is 7.08. The number of carbonyl (C=O) groups excluding carboxylic acids is 1. The smallest absolute Gasteiger partial charge is 0.475 e. The van der Waals surface area contributed by atoms with Gasteiger partial charge in [-0.3, -0.25) is 9.20 Å². The molecule has 8 nitrogen and oxygen atoms in total. The molecule has 0 unspecified atom stereocenters. The van der Waals surface area contributed by atoms with Gasteiger partial charge in [0.05, 0.1) is 5.52 Å². The van der Waals surface area contributed by atoms with Gasteiger partial charge in [-0.25, -0.2) is 9.78 Å². The minimum absolute atomic E-state index is 0.0227. The fourth-order valence-corrected chi connectivity index (χ4v) is 3.10. The Morgan fingerprint density at radius 1 is 1.09 bits per heavy atom. The molecule has 11 heteroatoms. The van der Waals surface area contributed by atoms with Crippen molar-refractivity contribution in [3.05, 3.63) is 48.5 Å². The number of likely N-dealkylation sites (N-methyl/N-ethyl adjacent to an activating group) is 1. The summed E-state index contributed by atoms with van der Waals surface area (Å²) < 4.78 is 35.9. The van der Waals surface area contributed by atoms with Crippen molar-refractivity contribution in [1.29, 1.82) is 0 Å². The van der Waals surface area contributed by atoms with E-state index in [-0.39, 0.29) is 5.91 Å². The van der Waals surface area contributed by atoms with Gasteiger partial charge in [0.1, 0.15) is 5.82 Å². The van der Waals surface area contributed by atoms with Crippen LogP contribution >= 0.6 is 0 Å². The number of carboxylic acid groups (broad SMARTS) is 1. The van der Waals surface area contributed by atoms with Crippen molar-refractivity contribution in [2.75, 3.05) is 34.2 Å². The fourth-order valence-electron chi connectivity index (χ4n) is 3.10. The van der Waals surface area contributed by atoms with Crippen LogP contribution < -0.4 is 0 Å². The molecule has 3 aromatic heterocycles. The topological polar surface area (TPSA) is 83.1 Å². The maximum Gasteiger partial charge on any atom is 0.490 e. The summed E-state index contributed by atoms with van der Waals surface area (Å²) in [5.74, 6) is -1.97. The molecule has 0 radical (unpaired) electrons. The van der Waals surface area contributed by atoms with Crippen molar-refractivity contribution in [2.24, 2.45) is 0 Å². The van der Waals surface area contributed by atoms with Gasteiger partial charge >= 0.3 is 12.1 Å². The zero-order valence-electron chi connectivity index (χ0n) is 19.7. The van der Waals surface area contributed by atoms with E-state index < -0.39 is 12.1 Å². The molecule has 0 aliphatic carbocycles. The maximum absolute atomic E-state index is 12.9. The number of alkyl halides is 3. The van der Waals surface area contributed by atoms with Gasteiger partial charge in [0.25, 0.3) is 5.91 Å². The molecule has 0 fully saturated rings. The summed E-state index contributed by atoms with van der Waals surface area (Å²) in [6.07, 6.45) is 3.11. The minimum atomic E-state index is -5.08. The van der Waals surface area contributed by atoms with E-state index in [0.29, 0.717) is 5.69 Å². The molecule has 34 heavy (non-hydrogen) atoms. The van der Waals surface area contributed by atoms with Crippen molar-refractivity contribution >= 4 is 17.4 Å². The Bertz CT molecular complexity index is 1100. The van der Waals surface area contributed by atoms with Gasteiger partial charge in [0, 0.05) is 50.8 Å². The third-order valence-corrected chi connectivity index (χ3v) is 5.00. The van der Waals surface area contributed by atoms with Gasteiger partial charge in [-0.1, -0.05) is 19.4 Å². The Hall–Kier alpha value is -3.34. The molecule has 0 saturated carbocycles. The van der Waals surface area contributed by atoms with E-state index in [9.17, 15) is 18.0 Å². The predicted molar refractivity (Wildman–Crippen MR) is 123 cm³/mol. The summed E-state index contributed by atoms with van der Waals surface area (Å²) in [5, 5.41) is 7.12. The third-order valence-electron chi connectivity index (χ3n) is 5.00. The van der Waals surface area contributed by atoms with E-state index in [0.717, 1.165) is 49.4 Å². The quantitative estimate of drug-likeness (QED) is 0.528. The monoisotopic (exact) mass is 481 g/mol. The Kier molecular flexibility index (Phi) is 9.25. The first-order valence-corrected chi connectivity index (χ1v) is 10.8. The number of hydrogen-bond donors (Lipinski definition) is 1. The van der Waals surface area contributed by atoms with Crippen LogP contribution in [0.1, 0.15) is 30.3 Å². The SMILES string of the molecule is CCCCN(C)C(=O)c1nc(-c2ccn(CCN(C)C)c2)n2ccccc12.O=C(O)C(F)(F)F. The Balaban J connectivity index is 0.000000509. The van der Waals surface area contributed by atoms with Crippen molar-refractivity contribution in [2.45, 2.75) is 32.5 Å². The highest BCUT2D eigenvalue weighted by molar-refractivity contribution is 5.99. The zero-order chi connectivity index (χ0) is 25.5. The molecule has 0 aromatic carbocycles. The van der Waals surface area contributed by atoms with E-state index in [1.54, 1.807) is 4.90 Å². The molecule has 1 amide bonds. The van der Waals surface area contributed by atoms with E-state index in [1.165, 1.54) is 0 Å². The second kappa shape index (κ2) is 11.7. The Labute approximate surface area is 196 Å². The highest BCUT2D eigenvalue weighted by Gasteiger charge is 2.38. The van der Waals surface area contributed by atoms with Crippen LogP contribution in [0.3, 0.4) is 0 Å². The van der Waals surface area contributed by atoms with E-state index in [1.807, 2.05) is 35.8 Å². The molecule has 0 saturated heterocycles. The van der Waals surface area contributed by atoms with Crippen LogP contribution in [0, 0.1) is 0 Å². The lowest BCUT2D eigenvalue weighted by atomic mass is 10.2. The summed E-state index contributed by atoms with van der Waals surface area (Å²) in [5.41, 5.74) is 2.39. The molecule has 0 aliphatic heterocycles. The number of imidazole rings is 1. The zero-order valence-corrected chi connectivity index (χ0v) is 19.7. The van der Waals surface area contributed by atoms with Gasteiger partial charge < -0.3 is 19.5 Å². The number of pyridine rings is 1. The first kappa shape index (κ1) is 26.9. The number of carboxylic acids is 1. The van der Waals surface area contributed by atoms with Gasteiger partial charge in [0.2, 0.25) is 0 Å². The number of amides is 1.